The molecule has 2 aliphatic heterocycles. The number of hydrogen-bond acceptors (Lipinski definition) is 4. The molecule has 17 aromatic rings. The second kappa shape index (κ2) is 26.2. The van der Waals surface area contributed by atoms with Crippen molar-refractivity contribution >= 4 is 101 Å². The average molecular weight is 1430 g/mol. The molecule has 15 aromatic carbocycles. The van der Waals surface area contributed by atoms with Crippen LogP contribution in [0.4, 0.5) is 34.1 Å². The number of nitrogens with zero attached hydrogens (tertiary/aromatic N) is 6. The molecule has 0 N–H and O–H groups in total. The van der Waals surface area contributed by atoms with Gasteiger partial charge in [-0.15, -0.1) is 0 Å². The summed E-state index contributed by atoms with van der Waals surface area (Å²) in [6.07, 6.45) is 0. The molecule has 7 heteroatoms. The van der Waals surface area contributed by atoms with Gasteiger partial charge in [0, 0.05) is 77.9 Å². The highest BCUT2D eigenvalue weighted by Crippen LogP contribution is 2.56. The molecule has 0 bridgehead atoms. The van der Waals surface area contributed by atoms with E-state index >= 15 is 0 Å². The van der Waals surface area contributed by atoms with Crippen molar-refractivity contribution in [2.24, 2.45) is 0 Å². The van der Waals surface area contributed by atoms with Crippen LogP contribution in [0, 0.1) is 22.7 Å². The van der Waals surface area contributed by atoms with Crippen molar-refractivity contribution in [1.82, 2.24) is 9.13 Å². The Labute approximate surface area is 650 Å². The fourth-order valence-corrected chi connectivity index (χ4v) is 17.7. The summed E-state index contributed by atoms with van der Waals surface area (Å²) in [4.78, 5) is 5.32. The second-order valence-corrected chi connectivity index (χ2v) is 33.0. The molecular weight excluding hydrogens is 1340 g/mol. The molecule has 530 valence electrons. The van der Waals surface area contributed by atoms with Gasteiger partial charge in [0.1, 0.15) is 0 Å². The van der Waals surface area contributed by atoms with Crippen LogP contribution in [0.25, 0.3) is 122 Å². The summed E-state index contributed by atoms with van der Waals surface area (Å²) < 4.78 is 4.94. The molecule has 0 radical (unpaired) electrons. The highest BCUT2D eigenvalue weighted by Gasteiger charge is 2.47. The quantitative estimate of drug-likeness (QED) is 0.128. The number of hydrogen-bond donors (Lipinski definition) is 0. The number of benzene rings is 15. The van der Waals surface area contributed by atoms with E-state index in [9.17, 15) is 10.5 Å². The molecule has 2 aliphatic rings. The summed E-state index contributed by atoms with van der Waals surface area (Å²) in [7, 11) is 0. The van der Waals surface area contributed by atoms with Crippen molar-refractivity contribution in [2.45, 2.75) is 78.6 Å². The predicted molar refractivity (Wildman–Crippen MR) is 467 cm³/mol. The van der Waals surface area contributed by atoms with Crippen LogP contribution in [0.3, 0.4) is 0 Å². The molecule has 4 heterocycles. The first-order valence-corrected chi connectivity index (χ1v) is 38.6. The van der Waals surface area contributed by atoms with Crippen LogP contribution in [-0.4, -0.2) is 15.8 Å². The molecule has 0 saturated carbocycles. The highest BCUT2D eigenvalue weighted by molar-refractivity contribution is 7.00. The van der Waals surface area contributed by atoms with Gasteiger partial charge in [-0.2, -0.15) is 10.5 Å². The molecule has 0 spiro atoms. The van der Waals surface area contributed by atoms with E-state index in [-0.39, 0.29) is 17.5 Å². The zero-order valence-electron chi connectivity index (χ0n) is 63.9. The molecular formula is C104H81BN6. The van der Waals surface area contributed by atoms with Crippen LogP contribution >= 0.6 is 0 Å². The molecule has 6 nitrogen and oxygen atoms in total. The second-order valence-electron chi connectivity index (χ2n) is 33.0. The average Bonchev–Trinajstić information content (AvgIpc) is 0.966. The number of aromatic nitrogens is 2. The van der Waals surface area contributed by atoms with Gasteiger partial charge in [-0.05, 0) is 191 Å². The molecule has 2 aromatic heterocycles. The van der Waals surface area contributed by atoms with Gasteiger partial charge in [-0.25, -0.2) is 0 Å². The zero-order valence-corrected chi connectivity index (χ0v) is 63.9. The smallest absolute Gasteiger partial charge is 0.252 e. The lowest BCUT2D eigenvalue weighted by Crippen LogP contribution is -2.61. The lowest BCUT2D eigenvalue weighted by molar-refractivity contribution is 0.590. The standard InChI is InChI=1S/C104H81BN6/c1-102(2,3)74-48-44-68(45-49-74)87-58-72(79-34-18-16-32-70(79)64-106)56-85(66-28-12-10-13-29-66)100(87)110-95-62-77(108-91-40-24-20-36-81(91)82-37-21-25-41-92(82)108)52-54-89(95)105-90-55-53-78(109-93-42-26-22-38-83(93)84-39-23-27-43-94(84)109)63-96(90)111(98-61-76(104(7,8)9)60-97(110)99(98)105)101-86(67-30-14-11-15-31-67)57-73(80-35-19-17-33-71(80)65-107)59-88(101)69-46-50-75(51-47-69)103(4,5)6/h10-63H,1-9H3. The number of rotatable bonds is 10. The summed E-state index contributed by atoms with van der Waals surface area (Å²) in [6.45, 7) is 20.4. The van der Waals surface area contributed by atoms with E-state index in [4.69, 9.17) is 0 Å². The third kappa shape index (κ3) is 11.3. The van der Waals surface area contributed by atoms with Crippen molar-refractivity contribution in [3.8, 4) is 90.3 Å². The first kappa shape index (κ1) is 68.1. The Morgan fingerprint density at radius 3 is 0.901 bits per heavy atom. The fraction of sp³-hybridized carbons (Fsp3) is 0.115. The lowest BCUT2D eigenvalue weighted by atomic mass is 9.33. The van der Waals surface area contributed by atoms with Gasteiger partial charge in [-0.1, -0.05) is 293 Å². The number of para-hydroxylation sites is 4. The minimum absolute atomic E-state index is 0.120. The van der Waals surface area contributed by atoms with Gasteiger partial charge in [0.15, 0.2) is 0 Å². The molecule has 19 rings (SSSR count). The normalized spacial score (nSPS) is 12.7. The van der Waals surface area contributed by atoms with Crippen LogP contribution in [0.2, 0.25) is 0 Å². The van der Waals surface area contributed by atoms with Crippen molar-refractivity contribution < 1.29 is 0 Å². The van der Waals surface area contributed by atoms with Crippen LogP contribution < -0.4 is 26.2 Å². The van der Waals surface area contributed by atoms with E-state index < -0.39 is 5.41 Å². The Bertz CT molecular complexity index is 6220. The van der Waals surface area contributed by atoms with Gasteiger partial charge >= 0.3 is 0 Å². The fourth-order valence-electron chi connectivity index (χ4n) is 17.7. The Morgan fingerprint density at radius 1 is 0.261 bits per heavy atom. The van der Waals surface area contributed by atoms with Crippen molar-refractivity contribution in [3.05, 3.63) is 355 Å². The third-order valence-electron chi connectivity index (χ3n) is 23.3. The summed E-state index contributed by atoms with van der Waals surface area (Å²) in [5.74, 6) is 0. The maximum atomic E-state index is 11.1. The largest absolute Gasteiger partial charge is 0.310 e. The van der Waals surface area contributed by atoms with Gasteiger partial charge < -0.3 is 18.9 Å². The van der Waals surface area contributed by atoms with E-state index in [0.717, 1.165) is 156 Å². The maximum Gasteiger partial charge on any atom is 0.252 e. The Hall–Kier alpha value is -13.5. The molecule has 0 aliphatic carbocycles. The molecule has 111 heavy (non-hydrogen) atoms. The molecule has 0 unspecified atom stereocenters. The van der Waals surface area contributed by atoms with E-state index in [1.807, 2.05) is 24.3 Å². The SMILES string of the molecule is CC(C)(C)c1ccc(-c2cc(-c3ccccc3C#N)cc(-c3ccccc3)c2N2c3cc(-n4c5ccccc5c5ccccc54)ccc3B3c4ccc(-n5c6ccccc6c6ccccc65)cc4N(c4c(-c5ccccc5)cc(-c5ccccc5C#N)cc4-c4ccc(C(C)(C)C)cc4)c4cc(C(C)(C)C)cc2c43)cc1. The Balaban J connectivity index is 1.01. The maximum absolute atomic E-state index is 11.1. The molecule has 0 atom stereocenters. The molecule has 0 amide bonds. The van der Waals surface area contributed by atoms with E-state index in [1.54, 1.807) is 0 Å². The van der Waals surface area contributed by atoms with Crippen LogP contribution in [0.1, 0.15) is 90.1 Å². The van der Waals surface area contributed by atoms with Crippen LogP contribution in [0.15, 0.2) is 328 Å². The number of fused-ring (bicyclic) bond motifs is 10. The summed E-state index contributed by atoms with van der Waals surface area (Å²) >= 11 is 0. The zero-order chi connectivity index (χ0) is 75.8. The van der Waals surface area contributed by atoms with Gasteiger partial charge in [0.05, 0.1) is 56.7 Å². The topological polar surface area (TPSA) is 63.9 Å². The van der Waals surface area contributed by atoms with E-state index in [0.29, 0.717) is 11.1 Å². The van der Waals surface area contributed by atoms with E-state index in [2.05, 4.69) is 397 Å². The Morgan fingerprint density at radius 2 is 0.568 bits per heavy atom. The van der Waals surface area contributed by atoms with Gasteiger partial charge in [0.2, 0.25) is 0 Å². The summed E-state index contributed by atoms with van der Waals surface area (Å²) in [5, 5.41) is 26.9. The summed E-state index contributed by atoms with van der Waals surface area (Å²) in [6, 6.07) is 126. The van der Waals surface area contributed by atoms with Gasteiger partial charge in [0.25, 0.3) is 6.71 Å². The van der Waals surface area contributed by atoms with Crippen LogP contribution in [0.5, 0.6) is 0 Å². The summed E-state index contributed by atoms with van der Waals surface area (Å²) in [5.41, 5.74) is 32.3. The first-order chi connectivity index (χ1) is 53.9. The predicted octanol–water partition coefficient (Wildman–Crippen LogP) is 25.6. The number of anilines is 6. The lowest BCUT2D eigenvalue weighted by Gasteiger charge is -2.46. The minimum Gasteiger partial charge on any atom is -0.310 e. The third-order valence-corrected chi connectivity index (χ3v) is 23.3. The molecule has 0 saturated heterocycles. The van der Waals surface area contributed by atoms with Crippen molar-refractivity contribution in [3.63, 3.8) is 0 Å². The molecule has 0 fully saturated rings. The van der Waals surface area contributed by atoms with Crippen molar-refractivity contribution in [1.29, 1.82) is 10.5 Å². The first-order valence-electron chi connectivity index (χ1n) is 38.6. The van der Waals surface area contributed by atoms with Crippen molar-refractivity contribution in [2.75, 3.05) is 9.80 Å². The van der Waals surface area contributed by atoms with E-state index in [1.165, 1.54) is 32.7 Å². The minimum atomic E-state index is -0.425. The highest BCUT2D eigenvalue weighted by atomic mass is 15.2. The van der Waals surface area contributed by atoms with Gasteiger partial charge in [-0.3, -0.25) is 0 Å². The monoisotopic (exact) mass is 1420 g/mol. The van der Waals surface area contributed by atoms with Crippen LogP contribution in [-0.2, 0) is 16.2 Å². The number of nitriles is 2. The Kier molecular flexibility index (Phi) is 16.1.